The predicted octanol–water partition coefficient (Wildman–Crippen LogP) is 4.87. The van der Waals surface area contributed by atoms with Crippen molar-refractivity contribution in [1.29, 1.82) is 0 Å². The maximum atomic E-state index is 6.01. The molecule has 2 aromatic rings. The average Bonchev–Trinajstić information content (AvgIpc) is 2.65. The highest BCUT2D eigenvalue weighted by Gasteiger charge is 2.07. The number of halogens is 1. The van der Waals surface area contributed by atoms with Crippen molar-refractivity contribution in [2.24, 2.45) is 0 Å². The smallest absolute Gasteiger partial charge is 0.0409 e. The summed E-state index contributed by atoms with van der Waals surface area (Å²) in [7, 11) is 0. The van der Waals surface area contributed by atoms with Crippen molar-refractivity contribution in [3.05, 3.63) is 56.2 Å². The molecule has 96 valence electrons. The van der Waals surface area contributed by atoms with Gasteiger partial charge in [-0.15, -0.1) is 11.3 Å². The molecule has 1 heterocycles. The molecule has 0 aliphatic rings. The second-order valence-corrected chi connectivity index (χ2v) is 6.49. The SMILES string of the molecule is Cc1cc(CNC(C)c2cccc(Cl)c2)c(C)s1. The number of rotatable bonds is 4. The number of hydrogen-bond acceptors (Lipinski definition) is 2. The molecule has 1 aromatic heterocycles. The lowest BCUT2D eigenvalue weighted by Gasteiger charge is -2.14. The van der Waals surface area contributed by atoms with Crippen LogP contribution in [-0.4, -0.2) is 0 Å². The van der Waals surface area contributed by atoms with Crippen LogP contribution in [0.1, 0.15) is 33.8 Å². The normalized spacial score (nSPS) is 12.7. The Balaban J connectivity index is 2.00. The zero-order chi connectivity index (χ0) is 13.1. The standard InChI is InChI=1S/C15H18ClNS/c1-10-7-14(12(3)18-10)9-17-11(2)13-5-4-6-15(16)8-13/h4-8,11,17H,9H2,1-3H3. The van der Waals surface area contributed by atoms with Gasteiger partial charge in [-0.25, -0.2) is 0 Å². The fourth-order valence-corrected chi connectivity index (χ4v) is 3.16. The molecule has 1 unspecified atom stereocenters. The summed E-state index contributed by atoms with van der Waals surface area (Å²) < 4.78 is 0. The van der Waals surface area contributed by atoms with Crippen LogP contribution in [-0.2, 0) is 6.54 Å². The van der Waals surface area contributed by atoms with Crippen molar-refractivity contribution in [3.8, 4) is 0 Å². The summed E-state index contributed by atoms with van der Waals surface area (Å²) in [6.07, 6.45) is 0. The molecular formula is C15H18ClNS. The number of hydrogen-bond donors (Lipinski definition) is 1. The lowest BCUT2D eigenvalue weighted by molar-refractivity contribution is 0.574. The molecule has 1 aromatic carbocycles. The summed E-state index contributed by atoms with van der Waals surface area (Å²) in [5.41, 5.74) is 2.62. The fourth-order valence-electron chi connectivity index (χ4n) is 2.02. The number of aryl methyl sites for hydroxylation is 2. The van der Waals surface area contributed by atoms with Gasteiger partial charge in [0.1, 0.15) is 0 Å². The monoisotopic (exact) mass is 279 g/mol. The van der Waals surface area contributed by atoms with E-state index in [1.807, 2.05) is 29.5 Å². The first-order chi connectivity index (χ1) is 8.56. The summed E-state index contributed by atoms with van der Waals surface area (Å²) in [6, 6.07) is 10.6. The maximum absolute atomic E-state index is 6.01. The molecule has 0 aliphatic heterocycles. The third-order valence-corrected chi connectivity index (χ3v) is 4.33. The molecule has 1 N–H and O–H groups in total. The molecular weight excluding hydrogens is 262 g/mol. The minimum Gasteiger partial charge on any atom is -0.306 e. The highest BCUT2D eigenvalue weighted by Crippen LogP contribution is 2.22. The van der Waals surface area contributed by atoms with Crippen molar-refractivity contribution in [2.45, 2.75) is 33.4 Å². The van der Waals surface area contributed by atoms with Gasteiger partial charge in [-0.2, -0.15) is 0 Å². The van der Waals surface area contributed by atoms with Crippen LogP contribution in [0.5, 0.6) is 0 Å². The van der Waals surface area contributed by atoms with E-state index in [2.05, 4.69) is 38.2 Å². The molecule has 1 nitrogen and oxygen atoms in total. The van der Waals surface area contributed by atoms with Crippen LogP contribution in [0.25, 0.3) is 0 Å². The summed E-state index contributed by atoms with van der Waals surface area (Å²) in [4.78, 5) is 2.78. The van der Waals surface area contributed by atoms with E-state index in [0.717, 1.165) is 11.6 Å². The second kappa shape index (κ2) is 5.87. The van der Waals surface area contributed by atoms with Gasteiger partial charge in [-0.1, -0.05) is 23.7 Å². The molecule has 0 radical (unpaired) electrons. The van der Waals surface area contributed by atoms with Crippen LogP contribution in [0.3, 0.4) is 0 Å². The third-order valence-electron chi connectivity index (χ3n) is 3.09. The molecule has 0 aliphatic carbocycles. The Hall–Kier alpha value is -0.830. The largest absolute Gasteiger partial charge is 0.306 e. The summed E-state index contributed by atoms with van der Waals surface area (Å²) in [6.45, 7) is 7.41. The third kappa shape index (κ3) is 3.35. The van der Waals surface area contributed by atoms with E-state index >= 15 is 0 Å². The molecule has 0 spiro atoms. The van der Waals surface area contributed by atoms with E-state index in [1.165, 1.54) is 20.9 Å². The van der Waals surface area contributed by atoms with Crippen LogP contribution in [0, 0.1) is 13.8 Å². The molecule has 0 bridgehead atoms. The van der Waals surface area contributed by atoms with Gasteiger partial charge in [0.15, 0.2) is 0 Å². The van der Waals surface area contributed by atoms with Gasteiger partial charge in [0.25, 0.3) is 0 Å². The first kappa shape index (κ1) is 13.6. The van der Waals surface area contributed by atoms with E-state index in [1.54, 1.807) is 0 Å². The number of benzene rings is 1. The van der Waals surface area contributed by atoms with Gasteiger partial charge in [0, 0.05) is 27.4 Å². The Morgan fingerprint density at radius 3 is 2.67 bits per heavy atom. The van der Waals surface area contributed by atoms with Crippen molar-refractivity contribution >= 4 is 22.9 Å². The molecule has 0 saturated heterocycles. The fraction of sp³-hybridized carbons (Fsp3) is 0.333. The zero-order valence-electron chi connectivity index (χ0n) is 11.0. The lowest BCUT2D eigenvalue weighted by atomic mass is 10.1. The average molecular weight is 280 g/mol. The molecule has 0 fully saturated rings. The van der Waals surface area contributed by atoms with Gasteiger partial charge in [-0.3, -0.25) is 0 Å². The topological polar surface area (TPSA) is 12.0 Å². The van der Waals surface area contributed by atoms with Crippen molar-refractivity contribution in [2.75, 3.05) is 0 Å². The van der Waals surface area contributed by atoms with E-state index in [0.29, 0.717) is 6.04 Å². The Morgan fingerprint density at radius 2 is 2.06 bits per heavy atom. The highest BCUT2D eigenvalue weighted by molar-refractivity contribution is 7.12. The zero-order valence-corrected chi connectivity index (χ0v) is 12.5. The number of nitrogens with one attached hydrogen (secondary N) is 1. The van der Waals surface area contributed by atoms with Crippen molar-refractivity contribution in [1.82, 2.24) is 5.32 Å². The Labute approximate surface area is 118 Å². The lowest BCUT2D eigenvalue weighted by Crippen LogP contribution is -2.18. The van der Waals surface area contributed by atoms with Gasteiger partial charge < -0.3 is 5.32 Å². The quantitative estimate of drug-likeness (QED) is 0.842. The Kier molecular flexibility index (Phi) is 4.44. The maximum Gasteiger partial charge on any atom is 0.0409 e. The van der Waals surface area contributed by atoms with E-state index in [9.17, 15) is 0 Å². The van der Waals surface area contributed by atoms with Crippen molar-refractivity contribution in [3.63, 3.8) is 0 Å². The van der Waals surface area contributed by atoms with Gasteiger partial charge in [0.05, 0.1) is 0 Å². The first-order valence-electron chi connectivity index (χ1n) is 6.11. The minimum atomic E-state index is 0.309. The van der Waals surface area contributed by atoms with Gasteiger partial charge in [0.2, 0.25) is 0 Å². The van der Waals surface area contributed by atoms with Crippen LogP contribution < -0.4 is 5.32 Å². The van der Waals surface area contributed by atoms with E-state index < -0.39 is 0 Å². The van der Waals surface area contributed by atoms with Crippen LogP contribution in [0.2, 0.25) is 5.02 Å². The van der Waals surface area contributed by atoms with E-state index in [4.69, 9.17) is 11.6 Å². The van der Waals surface area contributed by atoms with Crippen LogP contribution >= 0.6 is 22.9 Å². The Bertz CT molecular complexity index is 533. The predicted molar refractivity (Wildman–Crippen MR) is 80.5 cm³/mol. The second-order valence-electron chi connectivity index (χ2n) is 4.60. The van der Waals surface area contributed by atoms with E-state index in [-0.39, 0.29) is 0 Å². The van der Waals surface area contributed by atoms with Crippen LogP contribution in [0.4, 0.5) is 0 Å². The molecule has 0 saturated carbocycles. The van der Waals surface area contributed by atoms with Gasteiger partial charge >= 0.3 is 0 Å². The summed E-state index contributed by atoms with van der Waals surface area (Å²) in [5.74, 6) is 0. The summed E-state index contributed by atoms with van der Waals surface area (Å²) >= 11 is 7.87. The van der Waals surface area contributed by atoms with Crippen LogP contribution in [0.15, 0.2) is 30.3 Å². The van der Waals surface area contributed by atoms with Crippen molar-refractivity contribution < 1.29 is 0 Å². The summed E-state index contributed by atoms with van der Waals surface area (Å²) in [5, 5.41) is 4.34. The molecule has 0 amide bonds. The van der Waals surface area contributed by atoms with Gasteiger partial charge in [-0.05, 0) is 50.1 Å². The molecule has 2 rings (SSSR count). The minimum absolute atomic E-state index is 0.309. The molecule has 1 atom stereocenters. The first-order valence-corrected chi connectivity index (χ1v) is 7.30. The Morgan fingerprint density at radius 1 is 1.28 bits per heavy atom. The number of thiophene rings is 1. The highest BCUT2D eigenvalue weighted by atomic mass is 35.5. The molecule has 18 heavy (non-hydrogen) atoms. The molecule has 3 heteroatoms.